The van der Waals surface area contributed by atoms with Gasteiger partial charge in [0.25, 0.3) is 5.91 Å². The molecular formula is C30H24FN5O. The number of carbonyl (C=O) groups is 1. The SMILES string of the molecule is Cc1ccc(C#N)cc1-c1nc2cc(C(=O)NCCCC3=NC=CC3)ccc2nc1-c1ccc(F)cc1. The van der Waals surface area contributed by atoms with Gasteiger partial charge in [-0.25, -0.2) is 14.4 Å². The molecule has 0 saturated carbocycles. The number of rotatable bonds is 7. The van der Waals surface area contributed by atoms with Crippen molar-refractivity contribution in [1.29, 1.82) is 5.26 Å². The zero-order chi connectivity index (χ0) is 25.8. The summed E-state index contributed by atoms with van der Waals surface area (Å²) in [6.45, 7) is 2.49. The Morgan fingerprint density at radius 2 is 1.84 bits per heavy atom. The number of amides is 1. The molecule has 2 heterocycles. The van der Waals surface area contributed by atoms with Crippen LogP contribution in [0.3, 0.4) is 0 Å². The van der Waals surface area contributed by atoms with Crippen LogP contribution in [-0.4, -0.2) is 28.1 Å². The number of aromatic nitrogens is 2. The van der Waals surface area contributed by atoms with Crippen LogP contribution in [0.4, 0.5) is 4.39 Å². The molecular weight excluding hydrogens is 465 g/mol. The van der Waals surface area contributed by atoms with Crippen LogP contribution >= 0.6 is 0 Å². The molecule has 1 aliphatic heterocycles. The average molecular weight is 490 g/mol. The number of nitrogens with zero attached hydrogens (tertiary/aromatic N) is 4. The number of aryl methyl sites for hydroxylation is 1. The number of nitrogens with one attached hydrogen (secondary N) is 1. The monoisotopic (exact) mass is 489 g/mol. The first-order valence-electron chi connectivity index (χ1n) is 12.1. The van der Waals surface area contributed by atoms with Gasteiger partial charge >= 0.3 is 0 Å². The van der Waals surface area contributed by atoms with E-state index < -0.39 is 0 Å². The van der Waals surface area contributed by atoms with Gasteiger partial charge in [-0.3, -0.25) is 9.79 Å². The van der Waals surface area contributed by atoms with Gasteiger partial charge in [0.2, 0.25) is 0 Å². The summed E-state index contributed by atoms with van der Waals surface area (Å²) in [5.41, 5.74) is 6.82. The third kappa shape index (κ3) is 5.29. The van der Waals surface area contributed by atoms with Gasteiger partial charge in [0, 0.05) is 41.6 Å². The molecule has 182 valence electrons. The zero-order valence-electron chi connectivity index (χ0n) is 20.3. The van der Waals surface area contributed by atoms with Crippen LogP contribution in [0.1, 0.15) is 40.7 Å². The van der Waals surface area contributed by atoms with Crippen molar-refractivity contribution in [2.75, 3.05) is 6.54 Å². The van der Waals surface area contributed by atoms with Crippen LogP contribution in [-0.2, 0) is 0 Å². The lowest BCUT2D eigenvalue weighted by Gasteiger charge is -2.13. The Bertz CT molecular complexity index is 1600. The van der Waals surface area contributed by atoms with Gasteiger partial charge in [-0.2, -0.15) is 5.26 Å². The van der Waals surface area contributed by atoms with E-state index in [1.807, 2.05) is 25.3 Å². The fraction of sp³-hybridized carbons (Fsp3) is 0.167. The second-order valence-corrected chi connectivity index (χ2v) is 8.92. The normalized spacial score (nSPS) is 12.4. The van der Waals surface area contributed by atoms with Gasteiger partial charge in [-0.05, 0) is 79.9 Å². The predicted molar refractivity (Wildman–Crippen MR) is 143 cm³/mol. The van der Waals surface area contributed by atoms with Crippen molar-refractivity contribution >= 4 is 22.7 Å². The van der Waals surface area contributed by atoms with Crippen molar-refractivity contribution in [3.05, 3.63) is 95.4 Å². The zero-order valence-corrected chi connectivity index (χ0v) is 20.3. The van der Waals surface area contributed by atoms with Crippen LogP contribution in [0.25, 0.3) is 33.5 Å². The lowest BCUT2D eigenvalue weighted by Crippen LogP contribution is -2.24. The number of hydrogen-bond acceptors (Lipinski definition) is 5. The molecule has 1 N–H and O–H groups in total. The molecule has 37 heavy (non-hydrogen) atoms. The summed E-state index contributed by atoms with van der Waals surface area (Å²) in [5.74, 6) is -0.521. The van der Waals surface area contributed by atoms with Crippen molar-refractivity contribution in [1.82, 2.24) is 15.3 Å². The van der Waals surface area contributed by atoms with Crippen LogP contribution in [0.5, 0.6) is 0 Å². The lowest BCUT2D eigenvalue weighted by atomic mass is 9.98. The molecule has 6 nitrogen and oxygen atoms in total. The number of aliphatic imine (C=N–C) groups is 1. The number of allylic oxidation sites excluding steroid dienone is 1. The molecule has 0 spiro atoms. The molecule has 0 radical (unpaired) electrons. The fourth-order valence-corrected chi connectivity index (χ4v) is 4.30. The maximum Gasteiger partial charge on any atom is 0.251 e. The first-order valence-corrected chi connectivity index (χ1v) is 12.1. The Hall–Kier alpha value is -4.70. The Morgan fingerprint density at radius 1 is 1.03 bits per heavy atom. The molecule has 0 atom stereocenters. The molecule has 0 unspecified atom stereocenters. The van der Waals surface area contributed by atoms with Gasteiger partial charge in [0.15, 0.2) is 0 Å². The first-order chi connectivity index (χ1) is 18.0. The largest absolute Gasteiger partial charge is 0.352 e. The van der Waals surface area contributed by atoms with E-state index in [2.05, 4.69) is 16.4 Å². The summed E-state index contributed by atoms with van der Waals surface area (Å²) >= 11 is 0. The second-order valence-electron chi connectivity index (χ2n) is 8.92. The fourth-order valence-electron chi connectivity index (χ4n) is 4.30. The minimum absolute atomic E-state index is 0.179. The van der Waals surface area contributed by atoms with E-state index in [0.29, 0.717) is 45.7 Å². The highest BCUT2D eigenvalue weighted by molar-refractivity contribution is 5.98. The number of fused-ring (bicyclic) bond motifs is 1. The molecule has 4 aromatic rings. The van der Waals surface area contributed by atoms with E-state index in [4.69, 9.17) is 9.97 Å². The quantitative estimate of drug-likeness (QED) is 0.315. The van der Waals surface area contributed by atoms with Crippen LogP contribution < -0.4 is 5.32 Å². The summed E-state index contributed by atoms with van der Waals surface area (Å²) in [4.78, 5) is 26.9. The molecule has 0 aliphatic carbocycles. The molecule has 0 saturated heterocycles. The minimum atomic E-state index is -0.342. The average Bonchev–Trinajstić information content (AvgIpc) is 3.44. The van der Waals surface area contributed by atoms with Crippen LogP contribution in [0.2, 0.25) is 0 Å². The van der Waals surface area contributed by atoms with Crippen molar-refractivity contribution < 1.29 is 9.18 Å². The van der Waals surface area contributed by atoms with Gasteiger partial charge in [0.05, 0.1) is 34.1 Å². The lowest BCUT2D eigenvalue weighted by molar-refractivity contribution is 0.0953. The molecule has 0 bridgehead atoms. The molecule has 3 aromatic carbocycles. The van der Waals surface area contributed by atoms with Crippen LogP contribution in [0, 0.1) is 24.1 Å². The number of hydrogen-bond donors (Lipinski definition) is 1. The Morgan fingerprint density at radius 3 is 2.59 bits per heavy atom. The Balaban J connectivity index is 1.50. The van der Waals surface area contributed by atoms with E-state index >= 15 is 0 Å². The standard InChI is InChI=1S/C30H24FN5O/c1-19-6-7-20(18-32)16-25(19)29-28(21-8-11-23(31)12-9-21)35-26-13-10-22(17-27(26)36-29)30(37)34-15-3-5-24-4-2-14-33-24/h2,6-14,16-17H,3-5,15H2,1H3,(H,34,37). The molecule has 1 aliphatic rings. The summed E-state index contributed by atoms with van der Waals surface area (Å²) in [5, 5.41) is 12.4. The highest BCUT2D eigenvalue weighted by Crippen LogP contribution is 2.33. The number of nitriles is 1. The smallest absolute Gasteiger partial charge is 0.251 e. The summed E-state index contributed by atoms with van der Waals surface area (Å²) < 4.78 is 13.6. The van der Waals surface area contributed by atoms with Gasteiger partial charge in [0.1, 0.15) is 5.82 Å². The van der Waals surface area contributed by atoms with Crippen LogP contribution in [0.15, 0.2) is 77.9 Å². The van der Waals surface area contributed by atoms with E-state index in [1.165, 1.54) is 12.1 Å². The van der Waals surface area contributed by atoms with Crippen molar-refractivity contribution in [2.45, 2.75) is 26.2 Å². The third-order valence-corrected chi connectivity index (χ3v) is 6.31. The first kappa shape index (κ1) is 24.0. The summed E-state index contributed by atoms with van der Waals surface area (Å²) in [7, 11) is 0. The maximum absolute atomic E-state index is 13.6. The van der Waals surface area contributed by atoms with E-state index in [9.17, 15) is 14.4 Å². The predicted octanol–water partition coefficient (Wildman–Crippen LogP) is 6.15. The molecule has 5 rings (SSSR count). The minimum Gasteiger partial charge on any atom is -0.352 e. The van der Waals surface area contributed by atoms with Crippen molar-refractivity contribution in [3.63, 3.8) is 0 Å². The van der Waals surface area contributed by atoms with E-state index in [0.717, 1.165) is 36.1 Å². The highest BCUT2D eigenvalue weighted by Gasteiger charge is 2.17. The van der Waals surface area contributed by atoms with Gasteiger partial charge in [-0.1, -0.05) is 12.1 Å². The van der Waals surface area contributed by atoms with Gasteiger partial charge < -0.3 is 5.32 Å². The Kier molecular flexibility index (Phi) is 6.82. The third-order valence-electron chi connectivity index (χ3n) is 6.31. The molecule has 0 fully saturated rings. The van der Waals surface area contributed by atoms with E-state index in [1.54, 1.807) is 42.5 Å². The van der Waals surface area contributed by atoms with Crippen molar-refractivity contribution in [3.8, 4) is 28.6 Å². The molecule has 1 amide bonds. The second kappa shape index (κ2) is 10.5. The molecule has 7 heteroatoms. The number of halogens is 1. The Labute approximate surface area is 214 Å². The number of carbonyl (C=O) groups excluding carboxylic acids is 1. The van der Waals surface area contributed by atoms with E-state index in [-0.39, 0.29) is 11.7 Å². The highest BCUT2D eigenvalue weighted by atomic mass is 19.1. The van der Waals surface area contributed by atoms with Crippen molar-refractivity contribution in [2.24, 2.45) is 4.99 Å². The maximum atomic E-state index is 13.6. The summed E-state index contributed by atoms with van der Waals surface area (Å²) in [6.07, 6.45) is 6.40. The number of benzene rings is 3. The topological polar surface area (TPSA) is 91.0 Å². The van der Waals surface area contributed by atoms with Gasteiger partial charge in [-0.15, -0.1) is 0 Å². The molecule has 1 aromatic heterocycles. The summed E-state index contributed by atoms with van der Waals surface area (Å²) in [6, 6.07) is 18.9.